The number of halogens is 3. The first kappa shape index (κ1) is 22.0. The Morgan fingerprint density at radius 3 is 1.40 bits per heavy atom. The molecule has 0 aliphatic heterocycles. The van der Waals surface area contributed by atoms with Crippen LogP contribution in [0.4, 0.5) is 0 Å². The molecule has 156 valence electrons. The van der Waals surface area contributed by atoms with Crippen LogP contribution in [-0.2, 0) is 32.5 Å². The molecule has 3 aromatic rings. The predicted molar refractivity (Wildman–Crippen MR) is 129 cm³/mol. The lowest BCUT2D eigenvalue weighted by Crippen LogP contribution is -2.02. The Balaban J connectivity index is 1.98. The summed E-state index contributed by atoms with van der Waals surface area (Å²) in [6.45, 7) is -0.0174. The molecule has 0 bridgehead atoms. The average molecular weight is 597 g/mol. The van der Waals surface area contributed by atoms with Crippen molar-refractivity contribution in [3.63, 3.8) is 0 Å². The van der Waals surface area contributed by atoms with Crippen LogP contribution in [0.15, 0.2) is 49.8 Å². The molecule has 3 aromatic carbocycles. The van der Waals surface area contributed by atoms with Crippen LogP contribution in [0.3, 0.4) is 0 Å². The molecule has 3 nitrogen and oxygen atoms in total. The van der Waals surface area contributed by atoms with Gasteiger partial charge in [-0.3, -0.25) is 0 Å². The van der Waals surface area contributed by atoms with Gasteiger partial charge in [0.2, 0.25) is 0 Å². The van der Waals surface area contributed by atoms with E-state index in [1.54, 1.807) is 7.11 Å². The summed E-state index contributed by atoms with van der Waals surface area (Å²) in [4.78, 5) is 0. The number of hydrogen-bond donors (Lipinski definition) is 2. The topological polar surface area (TPSA) is 49.7 Å². The number of hydrogen-bond acceptors (Lipinski definition) is 3. The maximum Gasteiger partial charge on any atom is 0.133 e. The second kappa shape index (κ2) is 9.13. The molecule has 6 heteroatoms. The molecule has 4 rings (SSSR count). The average Bonchev–Trinajstić information content (AvgIpc) is 2.78. The van der Waals surface area contributed by atoms with E-state index in [4.69, 9.17) is 4.74 Å². The number of aliphatic hydroxyl groups is 2. The first-order chi connectivity index (χ1) is 14.4. The molecule has 30 heavy (non-hydrogen) atoms. The zero-order valence-electron chi connectivity index (χ0n) is 16.4. The molecule has 0 atom stereocenters. The number of rotatable bonds is 3. The normalized spacial score (nSPS) is 12.9. The van der Waals surface area contributed by atoms with Gasteiger partial charge in [0.1, 0.15) is 5.75 Å². The number of ether oxygens (including phenoxy) is 1. The van der Waals surface area contributed by atoms with Crippen LogP contribution >= 0.6 is 47.8 Å². The molecule has 0 aromatic heterocycles. The predicted octanol–water partition coefficient (Wildman–Crippen LogP) is 6.05. The zero-order chi connectivity index (χ0) is 21.4. The Hall–Kier alpha value is -1.18. The largest absolute Gasteiger partial charge is 0.496 e. The van der Waals surface area contributed by atoms with Gasteiger partial charge >= 0.3 is 0 Å². The summed E-state index contributed by atoms with van der Waals surface area (Å²) in [6.07, 6.45) is 2.32. The van der Waals surface area contributed by atoms with Crippen molar-refractivity contribution < 1.29 is 14.9 Å². The van der Waals surface area contributed by atoms with Gasteiger partial charge in [0.05, 0.1) is 24.8 Å². The zero-order valence-corrected chi connectivity index (χ0v) is 21.2. The molecule has 0 radical (unpaired) electrons. The van der Waals surface area contributed by atoms with Gasteiger partial charge in [-0.25, -0.2) is 0 Å². The van der Waals surface area contributed by atoms with E-state index in [0.29, 0.717) is 0 Å². The van der Waals surface area contributed by atoms with Gasteiger partial charge in [-0.15, -0.1) is 0 Å². The maximum atomic E-state index is 9.78. The molecule has 0 heterocycles. The van der Waals surface area contributed by atoms with E-state index in [9.17, 15) is 10.2 Å². The van der Waals surface area contributed by atoms with Crippen molar-refractivity contribution in [2.45, 2.75) is 32.5 Å². The standard InChI is InChI=1S/C24H21Br3O3/c1-30-24-10-18-4-16-8-22(26)19(11-28)5-13(16)2-15-7-21(25)20(12-29)6-14(15)3-17(18)9-23(24)27/h5-10,28-29H,2-4,11-12H2,1H3. The van der Waals surface area contributed by atoms with E-state index in [1.165, 1.54) is 33.4 Å². The molecule has 0 spiro atoms. The molecule has 0 saturated carbocycles. The lowest BCUT2D eigenvalue weighted by atomic mass is 9.93. The first-order valence-corrected chi connectivity index (χ1v) is 12.0. The molecule has 0 amide bonds. The van der Waals surface area contributed by atoms with Crippen LogP contribution in [0, 0.1) is 0 Å². The quantitative estimate of drug-likeness (QED) is 0.303. The van der Waals surface area contributed by atoms with Crippen LogP contribution in [0.25, 0.3) is 0 Å². The Kier molecular flexibility index (Phi) is 6.70. The van der Waals surface area contributed by atoms with Crippen molar-refractivity contribution in [3.05, 3.63) is 94.3 Å². The number of fused-ring (bicyclic) bond motifs is 3. The van der Waals surface area contributed by atoms with Crippen molar-refractivity contribution in [3.8, 4) is 5.75 Å². The van der Waals surface area contributed by atoms with E-state index < -0.39 is 0 Å². The van der Waals surface area contributed by atoms with Crippen molar-refractivity contribution in [1.29, 1.82) is 0 Å². The SMILES string of the molecule is COc1cc2c(cc1Br)Cc1cc(CO)c(Br)cc1Cc1cc(CO)c(Br)cc1C2. The van der Waals surface area contributed by atoms with Gasteiger partial charge in [-0.2, -0.15) is 0 Å². The Morgan fingerprint density at radius 2 is 1.00 bits per heavy atom. The van der Waals surface area contributed by atoms with Crippen molar-refractivity contribution in [1.82, 2.24) is 0 Å². The lowest BCUT2D eigenvalue weighted by molar-refractivity contribution is 0.280. The summed E-state index contributed by atoms with van der Waals surface area (Å²) in [7, 11) is 1.68. The highest BCUT2D eigenvalue weighted by molar-refractivity contribution is 9.11. The van der Waals surface area contributed by atoms with Gasteiger partial charge in [0, 0.05) is 8.95 Å². The third-order valence-electron chi connectivity index (χ3n) is 5.69. The third kappa shape index (κ3) is 4.26. The van der Waals surface area contributed by atoms with Gasteiger partial charge in [0.25, 0.3) is 0 Å². The monoisotopic (exact) mass is 594 g/mol. The second-order valence-electron chi connectivity index (χ2n) is 7.53. The molecular weight excluding hydrogens is 576 g/mol. The highest BCUT2D eigenvalue weighted by Gasteiger charge is 2.19. The summed E-state index contributed by atoms with van der Waals surface area (Å²) in [5, 5.41) is 19.6. The van der Waals surface area contributed by atoms with Crippen LogP contribution in [0.5, 0.6) is 5.75 Å². The Morgan fingerprint density at radius 1 is 0.633 bits per heavy atom. The molecule has 0 unspecified atom stereocenters. The number of benzene rings is 3. The van der Waals surface area contributed by atoms with Crippen molar-refractivity contribution in [2.75, 3.05) is 7.11 Å². The Bertz CT molecular complexity index is 984. The Labute approximate surface area is 201 Å². The van der Waals surface area contributed by atoms with Crippen molar-refractivity contribution >= 4 is 47.8 Å². The minimum atomic E-state index is -0.00871. The van der Waals surface area contributed by atoms with Gasteiger partial charge in [-0.1, -0.05) is 44.0 Å². The lowest BCUT2D eigenvalue weighted by Gasteiger charge is -2.15. The summed E-state index contributed by atoms with van der Waals surface area (Å²) < 4.78 is 8.33. The number of aliphatic hydroxyl groups excluding tert-OH is 2. The third-order valence-corrected chi connectivity index (χ3v) is 7.79. The molecule has 2 N–H and O–H groups in total. The minimum Gasteiger partial charge on any atom is -0.496 e. The van der Waals surface area contributed by atoms with Gasteiger partial charge in [-0.05, 0) is 104 Å². The fourth-order valence-corrected chi connectivity index (χ4v) is 5.64. The highest BCUT2D eigenvalue weighted by atomic mass is 79.9. The smallest absolute Gasteiger partial charge is 0.133 e. The van der Waals surface area contributed by atoms with E-state index in [-0.39, 0.29) is 13.2 Å². The molecule has 1 aliphatic rings. The van der Waals surface area contributed by atoms with Gasteiger partial charge in [0.15, 0.2) is 0 Å². The second-order valence-corrected chi connectivity index (χ2v) is 10.1. The van der Waals surface area contributed by atoms with Crippen LogP contribution in [-0.4, -0.2) is 17.3 Å². The summed E-state index contributed by atoms with van der Waals surface area (Å²) >= 11 is 10.9. The van der Waals surface area contributed by atoms with E-state index in [0.717, 1.165) is 49.6 Å². The highest BCUT2D eigenvalue weighted by Crippen LogP contribution is 2.36. The van der Waals surface area contributed by atoms with E-state index in [1.807, 2.05) is 0 Å². The van der Waals surface area contributed by atoms with Crippen LogP contribution < -0.4 is 4.74 Å². The van der Waals surface area contributed by atoms with E-state index in [2.05, 4.69) is 84.2 Å². The van der Waals surface area contributed by atoms with Crippen LogP contribution in [0.1, 0.15) is 44.5 Å². The first-order valence-electron chi connectivity index (χ1n) is 9.60. The van der Waals surface area contributed by atoms with E-state index >= 15 is 0 Å². The summed E-state index contributed by atoms with van der Waals surface area (Å²) in [5.41, 5.74) is 9.03. The van der Waals surface area contributed by atoms with Crippen LogP contribution in [0.2, 0.25) is 0 Å². The number of methoxy groups -OCH3 is 1. The molecule has 0 fully saturated rings. The molecule has 0 saturated heterocycles. The minimum absolute atomic E-state index is 0.00871. The summed E-state index contributed by atoms with van der Waals surface area (Å²) in [6, 6.07) is 12.7. The van der Waals surface area contributed by atoms with Gasteiger partial charge < -0.3 is 14.9 Å². The fourth-order valence-electron chi connectivity index (χ4n) is 4.06. The molecular formula is C24H21Br3O3. The molecule has 1 aliphatic carbocycles. The summed E-state index contributed by atoms with van der Waals surface area (Å²) in [5.74, 6) is 0.813. The van der Waals surface area contributed by atoms with Crippen molar-refractivity contribution in [2.24, 2.45) is 0 Å². The maximum absolute atomic E-state index is 9.78. The fraction of sp³-hybridized carbons (Fsp3) is 0.250.